The summed E-state index contributed by atoms with van der Waals surface area (Å²) in [6, 6.07) is 0.0522. The van der Waals surface area contributed by atoms with E-state index in [1.54, 1.807) is 10.9 Å². The zero-order valence-electron chi connectivity index (χ0n) is 11.4. The second-order valence-electron chi connectivity index (χ2n) is 4.95. The van der Waals surface area contributed by atoms with E-state index < -0.39 is 0 Å². The van der Waals surface area contributed by atoms with Crippen LogP contribution >= 0.6 is 0 Å². The molecule has 1 unspecified atom stereocenters. The van der Waals surface area contributed by atoms with Crippen LogP contribution in [0.4, 0.5) is 0 Å². The first-order chi connectivity index (χ1) is 8.52. The van der Waals surface area contributed by atoms with Crippen LogP contribution in [-0.4, -0.2) is 33.4 Å². The van der Waals surface area contributed by atoms with Crippen LogP contribution in [0.5, 0.6) is 0 Å². The van der Waals surface area contributed by atoms with E-state index in [0.717, 1.165) is 5.56 Å². The highest BCUT2D eigenvalue weighted by molar-refractivity contribution is 5.76. The molecule has 0 saturated carbocycles. The molecule has 1 aromatic rings. The Morgan fingerprint density at radius 3 is 2.78 bits per heavy atom. The molecule has 2 N–H and O–H groups in total. The minimum Gasteiger partial charge on any atom is -0.396 e. The molecule has 1 atom stereocenters. The van der Waals surface area contributed by atoms with Crippen molar-refractivity contribution in [1.29, 1.82) is 0 Å². The lowest BCUT2D eigenvalue weighted by molar-refractivity contribution is -0.122. The van der Waals surface area contributed by atoms with Crippen molar-refractivity contribution in [3.05, 3.63) is 18.0 Å². The van der Waals surface area contributed by atoms with Crippen LogP contribution < -0.4 is 5.32 Å². The first-order valence-corrected chi connectivity index (χ1v) is 6.40. The average molecular weight is 253 g/mol. The molecule has 102 valence electrons. The Bertz CT molecular complexity index is 374. The molecule has 18 heavy (non-hydrogen) atoms. The van der Waals surface area contributed by atoms with Crippen molar-refractivity contribution in [1.82, 2.24) is 15.1 Å². The Labute approximate surface area is 108 Å². The summed E-state index contributed by atoms with van der Waals surface area (Å²) in [4.78, 5) is 11.8. The number of aliphatic hydroxyl groups excluding tert-OH is 1. The van der Waals surface area contributed by atoms with Gasteiger partial charge in [0, 0.05) is 32.3 Å². The summed E-state index contributed by atoms with van der Waals surface area (Å²) in [6.45, 7) is 4.19. The SMILES string of the molecule is CC(C)C(CCO)NC(=O)CCc1cnn(C)c1. The number of aliphatic hydroxyl groups is 1. The number of amides is 1. The van der Waals surface area contributed by atoms with Crippen molar-refractivity contribution >= 4 is 5.91 Å². The number of carbonyl (C=O) groups is 1. The van der Waals surface area contributed by atoms with Crippen molar-refractivity contribution in [3.8, 4) is 0 Å². The van der Waals surface area contributed by atoms with Gasteiger partial charge in [0.05, 0.1) is 6.20 Å². The lowest BCUT2D eigenvalue weighted by Gasteiger charge is -2.21. The Kier molecular flexibility index (Phi) is 5.85. The van der Waals surface area contributed by atoms with Gasteiger partial charge in [0.1, 0.15) is 0 Å². The zero-order valence-corrected chi connectivity index (χ0v) is 11.4. The first-order valence-electron chi connectivity index (χ1n) is 6.40. The number of aryl methyl sites for hydroxylation is 2. The van der Waals surface area contributed by atoms with Gasteiger partial charge in [-0.05, 0) is 24.3 Å². The third-order valence-corrected chi connectivity index (χ3v) is 2.99. The van der Waals surface area contributed by atoms with Crippen molar-refractivity contribution in [3.63, 3.8) is 0 Å². The van der Waals surface area contributed by atoms with Crippen molar-refractivity contribution in [2.24, 2.45) is 13.0 Å². The van der Waals surface area contributed by atoms with Gasteiger partial charge in [0.15, 0.2) is 0 Å². The topological polar surface area (TPSA) is 67.2 Å². The summed E-state index contributed by atoms with van der Waals surface area (Å²) in [5.41, 5.74) is 1.07. The zero-order chi connectivity index (χ0) is 13.5. The normalized spacial score (nSPS) is 12.7. The molecule has 0 aliphatic carbocycles. The van der Waals surface area contributed by atoms with Gasteiger partial charge in [-0.25, -0.2) is 0 Å². The number of rotatable bonds is 7. The van der Waals surface area contributed by atoms with E-state index in [2.05, 4.69) is 10.4 Å². The van der Waals surface area contributed by atoms with E-state index in [1.165, 1.54) is 0 Å². The second kappa shape index (κ2) is 7.16. The Morgan fingerprint density at radius 1 is 1.56 bits per heavy atom. The van der Waals surface area contributed by atoms with Crippen LogP contribution in [0.15, 0.2) is 12.4 Å². The van der Waals surface area contributed by atoms with Crippen LogP contribution in [0, 0.1) is 5.92 Å². The van der Waals surface area contributed by atoms with Gasteiger partial charge in [-0.3, -0.25) is 9.48 Å². The molecule has 0 spiro atoms. The van der Waals surface area contributed by atoms with Crippen LogP contribution in [-0.2, 0) is 18.3 Å². The van der Waals surface area contributed by atoms with Gasteiger partial charge in [-0.1, -0.05) is 13.8 Å². The molecule has 1 aromatic heterocycles. The van der Waals surface area contributed by atoms with E-state index in [-0.39, 0.29) is 18.6 Å². The fraction of sp³-hybridized carbons (Fsp3) is 0.692. The lowest BCUT2D eigenvalue weighted by Crippen LogP contribution is -2.39. The molecule has 1 rings (SSSR count). The minimum absolute atomic E-state index is 0.0333. The minimum atomic E-state index is 0.0333. The lowest BCUT2D eigenvalue weighted by atomic mass is 10.0. The molecule has 5 heteroatoms. The largest absolute Gasteiger partial charge is 0.396 e. The van der Waals surface area contributed by atoms with Gasteiger partial charge >= 0.3 is 0 Å². The van der Waals surface area contributed by atoms with Crippen LogP contribution in [0.25, 0.3) is 0 Å². The highest BCUT2D eigenvalue weighted by atomic mass is 16.3. The summed E-state index contributed by atoms with van der Waals surface area (Å²) in [5, 5.41) is 16.0. The standard InChI is InChI=1S/C13H23N3O2/c1-10(2)12(6-7-17)15-13(18)5-4-11-8-14-16(3)9-11/h8-10,12,17H,4-7H2,1-3H3,(H,15,18). The summed E-state index contributed by atoms with van der Waals surface area (Å²) in [5.74, 6) is 0.366. The number of hydrogen-bond acceptors (Lipinski definition) is 3. The third kappa shape index (κ3) is 4.87. The molecule has 0 radical (unpaired) electrons. The van der Waals surface area contributed by atoms with Crippen LogP contribution in [0.3, 0.4) is 0 Å². The summed E-state index contributed by atoms with van der Waals surface area (Å²) < 4.78 is 1.73. The Hall–Kier alpha value is -1.36. The number of nitrogens with zero attached hydrogens (tertiary/aromatic N) is 2. The average Bonchev–Trinajstić information content (AvgIpc) is 2.72. The van der Waals surface area contributed by atoms with Crippen molar-refractivity contribution in [2.45, 2.75) is 39.2 Å². The predicted molar refractivity (Wildman–Crippen MR) is 70.0 cm³/mol. The highest BCUT2D eigenvalue weighted by Crippen LogP contribution is 2.07. The summed E-state index contributed by atoms with van der Waals surface area (Å²) >= 11 is 0. The van der Waals surface area contributed by atoms with E-state index in [4.69, 9.17) is 5.11 Å². The maximum absolute atomic E-state index is 11.8. The molecule has 1 heterocycles. The highest BCUT2D eigenvalue weighted by Gasteiger charge is 2.15. The number of aromatic nitrogens is 2. The van der Waals surface area contributed by atoms with E-state index in [1.807, 2.05) is 27.1 Å². The Balaban J connectivity index is 2.36. The molecule has 5 nitrogen and oxygen atoms in total. The van der Waals surface area contributed by atoms with E-state index in [9.17, 15) is 4.79 Å². The van der Waals surface area contributed by atoms with Gasteiger partial charge in [0.25, 0.3) is 0 Å². The number of hydrogen-bond donors (Lipinski definition) is 2. The molecule has 0 fully saturated rings. The molecule has 0 aliphatic heterocycles. The van der Waals surface area contributed by atoms with Gasteiger partial charge in [-0.2, -0.15) is 5.10 Å². The number of nitrogens with one attached hydrogen (secondary N) is 1. The molecule has 0 aliphatic rings. The maximum atomic E-state index is 11.8. The van der Waals surface area contributed by atoms with E-state index >= 15 is 0 Å². The van der Waals surface area contributed by atoms with Gasteiger partial charge in [-0.15, -0.1) is 0 Å². The van der Waals surface area contributed by atoms with Crippen LogP contribution in [0.1, 0.15) is 32.3 Å². The van der Waals surface area contributed by atoms with Gasteiger partial charge < -0.3 is 10.4 Å². The summed E-state index contributed by atoms with van der Waals surface area (Å²) in [7, 11) is 1.86. The monoisotopic (exact) mass is 253 g/mol. The molecule has 1 amide bonds. The van der Waals surface area contributed by atoms with Crippen molar-refractivity contribution in [2.75, 3.05) is 6.61 Å². The smallest absolute Gasteiger partial charge is 0.220 e. The fourth-order valence-corrected chi connectivity index (χ4v) is 1.85. The molecular formula is C13H23N3O2. The van der Waals surface area contributed by atoms with Crippen molar-refractivity contribution < 1.29 is 9.90 Å². The predicted octanol–water partition coefficient (Wildman–Crippen LogP) is 0.876. The maximum Gasteiger partial charge on any atom is 0.220 e. The molecule has 0 bridgehead atoms. The third-order valence-electron chi connectivity index (χ3n) is 2.99. The fourth-order valence-electron chi connectivity index (χ4n) is 1.85. The first kappa shape index (κ1) is 14.7. The molecule has 0 saturated heterocycles. The number of carbonyl (C=O) groups excluding carboxylic acids is 1. The van der Waals surface area contributed by atoms with Crippen LogP contribution in [0.2, 0.25) is 0 Å². The quantitative estimate of drug-likeness (QED) is 0.758. The van der Waals surface area contributed by atoms with E-state index in [0.29, 0.717) is 25.2 Å². The molecular weight excluding hydrogens is 230 g/mol. The Morgan fingerprint density at radius 2 is 2.28 bits per heavy atom. The second-order valence-corrected chi connectivity index (χ2v) is 4.95. The molecule has 0 aromatic carbocycles. The van der Waals surface area contributed by atoms with Gasteiger partial charge in [0.2, 0.25) is 5.91 Å². The summed E-state index contributed by atoms with van der Waals surface area (Å²) in [6.07, 6.45) is 5.46.